The summed E-state index contributed by atoms with van der Waals surface area (Å²) in [6.45, 7) is 15.3. The first-order valence-electron chi connectivity index (χ1n) is 17.4. The van der Waals surface area contributed by atoms with Crippen LogP contribution in [-0.2, 0) is 31.9 Å². The Morgan fingerprint density at radius 2 is 1.33 bits per heavy atom. The Morgan fingerprint density at radius 3 is 2.08 bits per heavy atom. The third-order valence-electron chi connectivity index (χ3n) is 9.70. The zero-order valence-electron chi connectivity index (χ0n) is 30.4. The maximum Gasteiger partial charge on any atom is 0.230 e. The largest absolute Gasteiger partial charge is 0.507 e. The maximum atomic E-state index is 11.1. The van der Waals surface area contributed by atoms with Crippen molar-refractivity contribution in [1.29, 1.82) is 0 Å². The Kier molecular flexibility index (Phi) is 8.91. The molecule has 0 saturated carbocycles. The first-order valence-corrected chi connectivity index (χ1v) is 17.4. The molecule has 0 unspecified atom stereocenters. The summed E-state index contributed by atoms with van der Waals surface area (Å²) in [5, 5.41) is 14.3. The van der Waals surface area contributed by atoms with E-state index in [1.54, 1.807) is 6.07 Å². The number of phenolic OH excluding ortho intramolecular Hbond substituents is 1. The fourth-order valence-corrected chi connectivity index (χ4v) is 6.85. The summed E-state index contributed by atoms with van der Waals surface area (Å²) in [6.07, 6.45) is 3.70. The number of hydrogen-bond donors (Lipinski definition) is 1. The molecular weight excluding hydrogens is 822 g/mol. The van der Waals surface area contributed by atoms with Crippen molar-refractivity contribution in [2.45, 2.75) is 59.3 Å². The van der Waals surface area contributed by atoms with E-state index in [1.807, 2.05) is 54.9 Å². The van der Waals surface area contributed by atoms with Gasteiger partial charge in [0.15, 0.2) is 0 Å². The van der Waals surface area contributed by atoms with Gasteiger partial charge >= 0.3 is 0 Å². The summed E-state index contributed by atoms with van der Waals surface area (Å²) in [5.41, 5.74) is 11.5. The third-order valence-corrected chi connectivity index (χ3v) is 9.70. The van der Waals surface area contributed by atoms with Crippen LogP contribution < -0.4 is 0 Å². The molecule has 0 aliphatic rings. The van der Waals surface area contributed by atoms with E-state index in [9.17, 15) is 5.11 Å². The van der Waals surface area contributed by atoms with Gasteiger partial charge in [0.25, 0.3) is 0 Å². The molecule has 0 amide bonds. The van der Waals surface area contributed by atoms with Gasteiger partial charge in [-0.05, 0) is 68.6 Å². The zero-order chi connectivity index (χ0) is 35.7. The van der Waals surface area contributed by atoms with E-state index >= 15 is 0 Å². The van der Waals surface area contributed by atoms with Gasteiger partial charge in [-0.25, -0.2) is 4.98 Å². The SMILES string of the molecule is Cc1cc(-c2cc(C(C)(C)C)cc3cccnc23)[c-]c(-c2cc(-c3nccc4ccccc34)cc3oc(-c4cc(C(C)(C)C)ccc4O)nc23)c1.[Pt]. The monoisotopic (exact) mass is 861 g/mol. The van der Waals surface area contributed by atoms with E-state index < -0.39 is 0 Å². The Labute approximate surface area is 319 Å². The molecule has 0 saturated heterocycles. The number of benzene rings is 5. The molecule has 0 bridgehead atoms. The van der Waals surface area contributed by atoms with Gasteiger partial charge in [0, 0.05) is 44.4 Å². The minimum absolute atomic E-state index is 0. The van der Waals surface area contributed by atoms with Crippen molar-refractivity contribution >= 4 is 32.8 Å². The van der Waals surface area contributed by atoms with E-state index in [-0.39, 0.29) is 37.6 Å². The van der Waals surface area contributed by atoms with Crippen molar-refractivity contribution in [2.75, 3.05) is 0 Å². The van der Waals surface area contributed by atoms with Crippen LogP contribution in [0.15, 0.2) is 114 Å². The molecule has 1 N–H and O–H groups in total. The van der Waals surface area contributed by atoms with Crippen molar-refractivity contribution in [1.82, 2.24) is 15.0 Å². The number of pyridine rings is 2. The van der Waals surface area contributed by atoms with Gasteiger partial charge in [-0.2, -0.15) is 0 Å². The van der Waals surface area contributed by atoms with E-state index in [1.165, 1.54) is 5.56 Å². The van der Waals surface area contributed by atoms with Gasteiger partial charge in [-0.1, -0.05) is 114 Å². The zero-order valence-corrected chi connectivity index (χ0v) is 32.7. The number of aromatic nitrogens is 3. The van der Waals surface area contributed by atoms with Crippen LogP contribution in [0.2, 0.25) is 0 Å². The second kappa shape index (κ2) is 13.1. The molecule has 5 aromatic carbocycles. The van der Waals surface area contributed by atoms with Crippen LogP contribution >= 0.6 is 0 Å². The van der Waals surface area contributed by atoms with Crippen LogP contribution in [0.4, 0.5) is 0 Å². The number of aromatic hydroxyl groups is 1. The van der Waals surface area contributed by atoms with E-state index in [2.05, 4.69) is 103 Å². The molecule has 5 nitrogen and oxygen atoms in total. The standard InChI is InChI=1S/C46H40N3O2.Pt/c1-27-19-30(21-31(20-27)37-26-34(46(5,6)7)22-29-12-10-17-47-41(29)37)36-23-32(42-35-13-9-8-11-28(35)16-18-48-42)24-40-43(36)49-44(51-40)38-25-33(45(2,3)4)14-15-39(38)50;/h8-20,22-26,50H,1-7H3;/q-1;. The fraction of sp³-hybridized carbons (Fsp3) is 0.196. The van der Waals surface area contributed by atoms with E-state index in [0.717, 1.165) is 66.3 Å². The van der Waals surface area contributed by atoms with Crippen LogP contribution in [0.5, 0.6) is 5.75 Å². The number of fused-ring (bicyclic) bond motifs is 3. The molecule has 3 heterocycles. The topological polar surface area (TPSA) is 72.0 Å². The Balaban J connectivity index is 0.00000420. The first kappa shape index (κ1) is 35.3. The van der Waals surface area contributed by atoms with Gasteiger partial charge in [0.2, 0.25) is 5.89 Å². The van der Waals surface area contributed by atoms with Crippen LogP contribution in [0.3, 0.4) is 0 Å². The second-order valence-electron chi connectivity index (χ2n) is 15.6. The van der Waals surface area contributed by atoms with Crippen LogP contribution in [-0.4, -0.2) is 20.1 Å². The second-order valence-corrected chi connectivity index (χ2v) is 15.6. The normalized spacial score (nSPS) is 12.1. The third kappa shape index (κ3) is 6.43. The predicted molar refractivity (Wildman–Crippen MR) is 209 cm³/mol. The molecule has 52 heavy (non-hydrogen) atoms. The number of hydrogen-bond acceptors (Lipinski definition) is 5. The average Bonchev–Trinajstić information content (AvgIpc) is 3.53. The molecule has 3 aromatic heterocycles. The Bertz CT molecular complexity index is 2640. The summed E-state index contributed by atoms with van der Waals surface area (Å²) in [6, 6.07) is 36.8. The van der Waals surface area contributed by atoms with E-state index in [4.69, 9.17) is 19.4 Å². The summed E-state index contributed by atoms with van der Waals surface area (Å²) >= 11 is 0. The number of nitrogens with zero attached hydrogens (tertiary/aromatic N) is 3. The molecular formula is C46H40N3O2Pt-. The van der Waals surface area contributed by atoms with Gasteiger partial charge in [0.1, 0.15) is 11.3 Å². The van der Waals surface area contributed by atoms with Crippen molar-refractivity contribution < 1.29 is 30.6 Å². The van der Waals surface area contributed by atoms with Crippen LogP contribution in [0.1, 0.15) is 58.2 Å². The minimum Gasteiger partial charge on any atom is -0.507 e. The minimum atomic E-state index is -0.122. The molecule has 0 atom stereocenters. The summed E-state index contributed by atoms with van der Waals surface area (Å²) in [7, 11) is 0. The van der Waals surface area contributed by atoms with Crippen LogP contribution in [0, 0.1) is 13.0 Å². The van der Waals surface area contributed by atoms with Crippen LogP contribution in [0.25, 0.3) is 77.7 Å². The smallest absolute Gasteiger partial charge is 0.230 e. The molecule has 8 aromatic rings. The maximum absolute atomic E-state index is 11.1. The quantitative estimate of drug-likeness (QED) is 0.179. The molecule has 0 fully saturated rings. The fourth-order valence-electron chi connectivity index (χ4n) is 6.85. The predicted octanol–water partition coefficient (Wildman–Crippen LogP) is 12.0. The van der Waals surface area contributed by atoms with Gasteiger partial charge in [-0.15, -0.1) is 34.9 Å². The van der Waals surface area contributed by atoms with Gasteiger partial charge < -0.3 is 9.52 Å². The van der Waals surface area contributed by atoms with Crippen molar-refractivity contribution in [3.8, 4) is 50.7 Å². The molecule has 0 spiro atoms. The number of phenols is 1. The molecule has 6 heteroatoms. The molecule has 8 rings (SSSR count). The number of aryl methyl sites for hydroxylation is 1. The summed E-state index contributed by atoms with van der Waals surface area (Å²) in [5.74, 6) is 0.480. The first-order chi connectivity index (χ1) is 24.3. The number of oxazole rings is 1. The van der Waals surface area contributed by atoms with Crippen molar-refractivity contribution in [3.05, 3.63) is 132 Å². The molecule has 0 aliphatic heterocycles. The average molecular weight is 862 g/mol. The Morgan fingerprint density at radius 1 is 0.635 bits per heavy atom. The molecule has 262 valence electrons. The van der Waals surface area contributed by atoms with Crippen molar-refractivity contribution in [3.63, 3.8) is 0 Å². The molecule has 0 radical (unpaired) electrons. The summed E-state index contributed by atoms with van der Waals surface area (Å²) in [4.78, 5) is 14.8. The Hall–Kier alpha value is -5.12. The number of rotatable bonds is 4. The van der Waals surface area contributed by atoms with E-state index in [0.29, 0.717) is 22.6 Å². The van der Waals surface area contributed by atoms with Gasteiger partial charge in [-0.3, -0.25) is 9.97 Å². The van der Waals surface area contributed by atoms with Gasteiger partial charge in [0.05, 0.1) is 16.8 Å². The molecule has 0 aliphatic carbocycles. The summed E-state index contributed by atoms with van der Waals surface area (Å²) < 4.78 is 6.57. The van der Waals surface area contributed by atoms with Crippen molar-refractivity contribution in [2.24, 2.45) is 0 Å².